The van der Waals surface area contributed by atoms with Crippen molar-refractivity contribution in [2.24, 2.45) is 0 Å². The molecule has 1 atom stereocenters. The van der Waals surface area contributed by atoms with Crippen molar-refractivity contribution in [2.45, 2.75) is 32.7 Å². The third-order valence-electron chi connectivity index (χ3n) is 3.01. The highest BCUT2D eigenvalue weighted by atomic mass is 35.5. The smallest absolute Gasteiger partial charge is 0.232 e. The van der Waals surface area contributed by atoms with Gasteiger partial charge in [-0.3, -0.25) is 0 Å². The Morgan fingerprint density at radius 2 is 2.12 bits per heavy atom. The molecule has 1 aromatic heterocycles. The molecule has 1 heterocycles. The lowest BCUT2D eigenvalue weighted by molar-refractivity contribution is 0.280. The van der Waals surface area contributed by atoms with Crippen molar-refractivity contribution in [1.82, 2.24) is 9.88 Å². The molecule has 17 heavy (non-hydrogen) atoms. The SMILES string of the molecule is CCC[C@@H](c1cnc(OC)c(Cl)c1C)N(C)C. The largest absolute Gasteiger partial charge is 0.480 e. The van der Waals surface area contributed by atoms with Crippen LogP contribution in [0.5, 0.6) is 5.88 Å². The maximum Gasteiger partial charge on any atom is 0.232 e. The summed E-state index contributed by atoms with van der Waals surface area (Å²) in [5.41, 5.74) is 2.24. The number of hydrogen-bond donors (Lipinski definition) is 0. The molecule has 0 unspecified atom stereocenters. The summed E-state index contributed by atoms with van der Waals surface area (Å²) in [6.07, 6.45) is 4.10. The second-order valence-corrected chi connectivity index (χ2v) is 4.81. The molecule has 0 N–H and O–H groups in total. The molecule has 0 saturated carbocycles. The third kappa shape index (κ3) is 3.11. The molecule has 0 aliphatic rings. The molecule has 0 aromatic carbocycles. The van der Waals surface area contributed by atoms with E-state index in [4.69, 9.17) is 16.3 Å². The Balaban J connectivity index is 3.16. The number of hydrogen-bond acceptors (Lipinski definition) is 3. The topological polar surface area (TPSA) is 25.4 Å². The molecule has 0 fully saturated rings. The molecule has 0 amide bonds. The lowest BCUT2D eigenvalue weighted by Gasteiger charge is -2.26. The van der Waals surface area contributed by atoms with Crippen molar-refractivity contribution in [2.75, 3.05) is 21.2 Å². The number of halogens is 1. The molecule has 0 spiro atoms. The molecule has 3 nitrogen and oxygen atoms in total. The van der Waals surface area contributed by atoms with Crippen LogP contribution in [0.2, 0.25) is 5.02 Å². The lowest BCUT2D eigenvalue weighted by atomic mass is 9.99. The molecule has 4 heteroatoms. The van der Waals surface area contributed by atoms with Crippen LogP contribution < -0.4 is 4.74 Å². The van der Waals surface area contributed by atoms with E-state index < -0.39 is 0 Å². The van der Waals surface area contributed by atoms with Crippen LogP contribution in [0.3, 0.4) is 0 Å². The number of rotatable bonds is 5. The lowest BCUT2D eigenvalue weighted by Crippen LogP contribution is -2.21. The van der Waals surface area contributed by atoms with E-state index in [0.717, 1.165) is 18.4 Å². The first-order valence-electron chi connectivity index (χ1n) is 5.88. The van der Waals surface area contributed by atoms with Crippen LogP contribution in [0.4, 0.5) is 0 Å². The minimum absolute atomic E-state index is 0.357. The van der Waals surface area contributed by atoms with Crippen LogP contribution in [0.15, 0.2) is 6.20 Å². The Hall–Kier alpha value is -0.800. The van der Waals surface area contributed by atoms with Crippen molar-refractivity contribution in [3.8, 4) is 5.88 Å². The summed E-state index contributed by atoms with van der Waals surface area (Å²) in [6.45, 7) is 4.21. The Labute approximate surface area is 109 Å². The summed E-state index contributed by atoms with van der Waals surface area (Å²) in [5, 5.41) is 0.618. The average molecular weight is 257 g/mol. The van der Waals surface area contributed by atoms with Gasteiger partial charge in [-0.15, -0.1) is 0 Å². The molecule has 1 aromatic rings. The van der Waals surface area contributed by atoms with Gasteiger partial charge in [-0.1, -0.05) is 24.9 Å². The van der Waals surface area contributed by atoms with Crippen molar-refractivity contribution >= 4 is 11.6 Å². The van der Waals surface area contributed by atoms with E-state index in [2.05, 4.69) is 30.9 Å². The maximum atomic E-state index is 6.24. The van der Waals surface area contributed by atoms with Crippen molar-refractivity contribution in [3.63, 3.8) is 0 Å². The highest BCUT2D eigenvalue weighted by Crippen LogP contribution is 2.33. The summed E-state index contributed by atoms with van der Waals surface area (Å²) in [6, 6.07) is 0.357. The first-order chi connectivity index (χ1) is 8.02. The average Bonchev–Trinajstić information content (AvgIpc) is 2.30. The zero-order valence-electron chi connectivity index (χ0n) is 11.2. The quantitative estimate of drug-likeness (QED) is 0.807. The number of aromatic nitrogens is 1. The molecule has 0 saturated heterocycles. The van der Waals surface area contributed by atoms with Gasteiger partial charge < -0.3 is 9.64 Å². The highest BCUT2D eigenvalue weighted by Gasteiger charge is 2.19. The molecule has 0 aliphatic heterocycles. The number of nitrogens with zero attached hydrogens (tertiary/aromatic N) is 2. The van der Waals surface area contributed by atoms with Gasteiger partial charge in [-0.25, -0.2) is 4.98 Å². The Morgan fingerprint density at radius 3 is 2.59 bits per heavy atom. The molecule has 0 bridgehead atoms. The van der Waals surface area contributed by atoms with Crippen molar-refractivity contribution < 1.29 is 4.74 Å². The summed E-state index contributed by atoms with van der Waals surface area (Å²) in [5.74, 6) is 0.502. The predicted octanol–water partition coefficient (Wildman–Crippen LogP) is 3.45. The first-order valence-corrected chi connectivity index (χ1v) is 6.26. The normalized spacial score (nSPS) is 12.9. The molecule has 96 valence electrons. The number of pyridine rings is 1. The summed E-state index contributed by atoms with van der Waals surface area (Å²) < 4.78 is 5.12. The van der Waals surface area contributed by atoms with E-state index in [-0.39, 0.29) is 0 Å². The van der Waals surface area contributed by atoms with Gasteiger partial charge in [0.2, 0.25) is 5.88 Å². The Morgan fingerprint density at radius 1 is 1.47 bits per heavy atom. The second-order valence-electron chi connectivity index (χ2n) is 4.43. The van der Waals surface area contributed by atoms with Crippen LogP contribution in [-0.2, 0) is 0 Å². The second kappa shape index (κ2) is 6.22. The zero-order chi connectivity index (χ0) is 13.0. The molecule has 0 aliphatic carbocycles. The van der Waals surface area contributed by atoms with Crippen LogP contribution in [0.1, 0.15) is 36.9 Å². The predicted molar refractivity (Wildman–Crippen MR) is 71.9 cm³/mol. The van der Waals surface area contributed by atoms with Crippen LogP contribution in [0, 0.1) is 6.92 Å². The third-order valence-corrected chi connectivity index (χ3v) is 3.45. The van der Waals surface area contributed by atoms with Gasteiger partial charge in [0.1, 0.15) is 5.02 Å². The van der Waals surface area contributed by atoms with E-state index in [0.29, 0.717) is 16.9 Å². The fourth-order valence-corrected chi connectivity index (χ4v) is 2.25. The number of methoxy groups -OCH3 is 1. The molecular weight excluding hydrogens is 236 g/mol. The van der Waals surface area contributed by atoms with Crippen molar-refractivity contribution in [3.05, 3.63) is 22.3 Å². The zero-order valence-corrected chi connectivity index (χ0v) is 12.0. The van der Waals surface area contributed by atoms with Gasteiger partial charge in [-0.05, 0) is 38.6 Å². The number of ether oxygens (including phenoxy) is 1. The first kappa shape index (κ1) is 14.3. The minimum Gasteiger partial charge on any atom is -0.480 e. The summed E-state index contributed by atoms with van der Waals surface area (Å²) in [4.78, 5) is 6.47. The molecule has 1 rings (SSSR count). The van der Waals surface area contributed by atoms with E-state index >= 15 is 0 Å². The van der Waals surface area contributed by atoms with Crippen LogP contribution in [-0.4, -0.2) is 31.1 Å². The monoisotopic (exact) mass is 256 g/mol. The van der Waals surface area contributed by atoms with Crippen LogP contribution >= 0.6 is 11.6 Å². The fraction of sp³-hybridized carbons (Fsp3) is 0.615. The van der Waals surface area contributed by atoms with Crippen LogP contribution in [0.25, 0.3) is 0 Å². The fourth-order valence-electron chi connectivity index (χ4n) is 2.01. The van der Waals surface area contributed by atoms with Crippen molar-refractivity contribution in [1.29, 1.82) is 0 Å². The van der Waals surface area contributed by atoms with Gasteiger partial charge in [0.05, 0.1) is 7.11 Å². The van der Waals surface area contributed by atoms with Gasteiger partial charge in [0.15, 0.2) is 0 Å². The van der Waals surface area contributed by atoms with E-state index in [1.165, 1.54) is 5.56 Å². The van der Waals surface area contributed by atoms with Gasteiger partial charge >= 0.3 is 0 Å². The van der Waals surface area contributed by atoms with Gasteiger partial charge in [-0.2, -0.15) is 0 Å². The van der Waals surface area contributed by atoms with Gasteiger partial charge in [0, 0.05) is 12.2 Å². The van der Waals surface area contributed by atoms with Gasteiger partial charge in [0.25, 0.3) is 0 Å². The summed E-state index contributed by atoms with van der Waals surface area (Å²) in [7, 11) is 5.75. The van der Waals surface area contributed by atoms with E-state index in [9.17, 15) is 0 Å². The highest BCUT2D eigenvalue weighted by molar-refractivity contribution is 6.32. The Kier molecular flexibility index (Phi) is 5.22. The molecule has 0 radical (unpaired) electrons. The minimum atomic E-state index is 0.357. The van der Waals surface area contributed by atoms with E-state index in [1.54, 1.807) is 7.11 Å². The Bertz CT molecular complexity index is 380. The maximum absolute atomic E-state index is 6.24. The standard InChI is InChI=1S/C13H21ClN2O/c1-6-7-11(16(3)4)10-8-15-13(17-5)12(14)9(10)2/h8,11H,6-7H2,1-5H3/t11-/m0/s1. The molecular formula is C13H21ClN2O. The summed E-state index contributed by atoms with van der Waals surface area (Å²) >= 11 is 6.24. The van der Waals surface area contributed by atoms with E-state index in [1.807, 2.05) is 13.1 Å².